The fourth-order valence-electron chi connectivity index (χ4n) is 1.34. The van der Waals surface area contributed by atoms with Crippen LogP contribution in [0.4, 0.5) is 5.69 Å². The lowest BCUT2D eigenvalue weighted by molar-refractivity contribution is 0.133. The van der Waals surface area contributed by atoms with Crippen LogP contribution in [0.2, 0.25) is 0 Å². The Labute approximate surface area is 102 Å². The van der Waals surface area contributed by atoms with Gasteiger partial charge in [-0.05, 0) is 32.0 Å². The van der Waals surface area contributed by atoms with Crippen LogP contribution in [-0.2, 0) is 14.8 Å². The Hall–Kier alpha value is -1.11. The first-order valence-corrected chi connectivity index (χ1v) is 6.89. The average molecular weight is 258 g/mol. The Balaban J connectivity index is 2.75. The molecule has 0 spiro atoms. The monoisotopic (exact) mass is 258 g/mol. The van der Waals surface area contributed by atoms with Gasteiger partial charge in [0.1, 0.15) is 0 Å². The second kappa shape index (κ2) is 6.00. The maximum absolute atomic E-state index is 11.9. The number of rotatable bonds is 6. The fourth-order valence-corrected chi connectivity index (χ4v) is 2.63. The summed E-state index contributed by atoms with van der Waals surface area (Å²) in [5.74, 6) is 0. The third-order valence-corrected chi connectivity index (χ3v) is 3.68. The van der Waals surface area contributed by atoms with Crippen LogP contribution in [0, 0.1) is 0 Å². The van der Waals surface area contributed by atoms with Crippen LogP contribution in [0.1, 0.15) is 13.8 Å². The topological polar surface area (TPSA) is 81.4 Å². The lowest BCUT2D eigenvalue weighted by Crippen LogP contribution is -2.35. The third-order valence-electron chi connectivity index (χ3n) is 2.10. The van der Waals surface area contributed by atoms with Gasteiger partial charge in [0.25, 0.3) is 0 Å². The van der Waals surface area contributed by atoms with Gasteiger partial charge in [-0.3, -0.25) is 0 Å². The van der Waals surface area contributed by atoms with Crippen molar-refractivity contribution in [3.8, 4) is 0 Å². The first kappa shape index (κ1) is 14.0. The van der Waals surface area contributed by atoms with Gasteiger partial charge in [0.2, 0.25) is 10.0 Å². The maximum atomic E-state index is 11.9. The highest BCUT2D eigenvalue weighted by Crippen LogP contribution is 2.12. The van der Waals surface area contributed by atoms with E-state index in [0.29, 0.717) is 18.9 Å². The van der Waals surface area contributed by atoms with Crippen molar-refractivity contribution in [3.05, 3.63) is 24.3 Å². The van der Waals surface area contributed by atoms with E-state index in [9.17, 15) is 8.42 Å². The Bertz CT molecular complexity index is 460. The van der Waals surface area contributed by atoms with Crippen LogP contribution < -0.4 is 10.5 Å². The molecule has 0 aliphatic carbocycles. The van der Waals surface area contributed by atoms with Crippen molar-refractivity contribution < 1.29 is 13.2 Å². The molecule has 1 aromatic rings. The number of ether oxygens (including phenoxy) is 1. The van der Waals surface area contributed by atoms with Crippen LogP contribution in [0.3, 0.4) is 0 Å². The van der Waals surface area contributed by atoms with Crippen molar-refractivity contribution in [2.75, 3.05) is 18.9 Å². The van der Waals surface area contributed by atoms with Gasteiger partial charge in [0.05, 0.1) is 11.5 Å². The van der Waals surface area contributed by atoms with Gasteiger partial charge in [-0.1, -0.05) is 6.07 Å². The molecule has 1 aromatic carbocycles. The van der Waals surface area contributed by atoms with Crippen LogP contribution in [-0.4, -0.2) is 27.7 Å². The number of nitrogens with one attached hydrogen (secondary N) is 1. The quantitative estimate of drug-likeness (QED) is 0.745. The predicted octanol–water partition coefficient (Wildman–Crippen LogP) is 0.972. The van der Waals surface area contributed by atoms with Crippen molar-refractivity contribution in [3.63, 3.8) is 0 Å². The molecule has 0 saturated carbocycles. The third kappa shape index (κ3) is 4.33. The molecule has 0 amide bonds. The van der Waals surface area contributed by atoms with E-state index in [1.807, 2.05) is 6.92 Å². The first-order valence-electron chi connectivity index (χ1n) is 5.41. The lowest BCUT2D eigenvalue weighted by Gasteiger charge is -2.14. The van der Waals surface area contributed by atoms with E-state index in [1.165, 1.54) is 12.1 Å². The molecule has 5 nitrogen and oxygen atoms in total. The summed E-state index contributed by atoms with van der Waals surface area (Å²) in [6.07, 6.45) is 0. The molecule has 0 heterocycles. The molecule has 0 radical (unpaired) electrons. The Morgan fingerprint density at radius 1 is 1.47 bits per heavy atom. The molecule has 17 heavy (non-hydrogen) atoms. The van der Waals surface area contributed by atoms with Gasteiger partial charge in [0.15, 0.2) is 0 Å². The summed E-state index contributed by atoms with van der Waals surface area (Å²) in [6.45, 7) is 4.51. The second-order valence-corrected chi connectivity index (χ2v) is 5.47. The van der Waals surface area contributed by atoms with Crippen molar-refractivity contribution in [2.45, 2.75) is 24.8 Å². The Kier molecular flexibility index (Phi) is 4.92. The van der Waals surface area contributed by atoms with Crippen molar-refractivity contribution in [1.82, 2.24) is 4.72 Å². The minimum absolute atomic E-state index is 0.167. The Morgan fingerprint density at radius 2 is 2.18 bits per heavy atom. The molecule has 96 valence electrons. The molecule has 0 aliphatic heterocycles. The Morgan fingerprint density at radius 3 is 2.76 bits per heavy atom. The van der Waals surface area contributed by atoms with E-state index in [-0.39, 0.29) is 10.9 Å². The summed E-state index contributed by atoms with van der Waals surface area (Å²) in [6, 6.07) is 5.91. The lowest BCUT2D eigenvalue weighted by atomic mass is 10.3. The summed E-state index contributed by atoms with van der Waals surface area (Å²) in [4.78, 5) is 0.167. The number of nitrogen functional groups attached to an aromatic ring is 1. The van der Waals surface area contributed by atoms with E-state index >= 15 is 0 Å². The summed E-state index contributed by atoms with van der Waals surface area (Å²) in [7, 11) is -3.52. The highest BCUT2D eigenvalue weighted by atomic mass is 32.2. The number of sulfonamides is 1. The number of benzene rings is 1. The maximum Gasteiger partial charge on any atom is 0.240 e. The van der Waals surface area contributed by atoms with Gasteiger partial charge >= 0.3 is 0 Å². The standard InChI is InChI=1S/C11H18N2O3S/c1-3-16-8-9(2)13-17(14,15)11-6-4-5-10(12)7-11/h4-7,9,13H,3,8,12H2,1-2H3. The average Bonchev–Trinajstić information content (AvgIpc) is 2.26. The van der Waals surface area contributed by atoms with Crippen molar-refractivity contribution in [1.29, 1.82) is 0 Å². The molecule has 6 heteroatoms. The van der Waals surface area contributed by atoms with Crippen LogP contribution in [0.25, 0.3) is 0 Å². The summed E-state index contributed by atoms with van der Waals surface area (Å²) in [5, 5.41) is 0. The number of hydrogen-bond acceptors (Lipinski definition) is 4. The van der Waals surface area contributed by atoms with E-state index in [0.717, 1.165) is 0 Å². The molecular formula is C11H18N2O3S. The molecule has 0 fully saturated rings. The van der Waals surface area contributed by atoms with E-state index in [2.05, 4.69) is 4.72 Å². The van der Waals surface area contributed by atoms with Crippen LogP contribution in [0.15, 0.2) is 29.2 Å². The van der Waals surface area contributed by atoms with Gasteiger partial charge in [-0.15, -0.1) is 0 Å². The SMILES string of the molecule is CCOCC(C)NS(=O)(=O)c1cccc(N)c1. The molecule has 0 saturated heterocycles. The smallest absolute Gasteiger partial charge is 0.240 e. The number of anilines is 1. The van der Waals surface area contributed by atoms with Gasteiger partial charge in [0, 0.05) is 18.3 Å². The normalized spacial score (nSPS) is 13.5. The first-order chi connectivity index (χ1) is 7.95. The van der Waals surface area contributed by atoms with Crippen LogP contribution in [0.5, 0.6) is 0 Å². The molecule has 1 atom stereocenters. The van der Waals surface area contributed by atoms with E-state index < -0.39 is 10.0 Å². The minimum atomic E-state index is -3.52. The van der Waals surface area contributed by atoms with Crippen LogP contribution >= 0.6 is 0 Å². The van der Waals surface area contributed by atoms with Crippen molar-refractivity contribution >= 4 is 15.7 Å². The summed E-state index contributed by atoms with van der Waals surface area (Å²) < 4.78 is 31.5. The highest BCUT2D eigenvalue weighted by Gasteiger charge is 2.17. The van der Waals surface area contributed by atoms with Crippen molar-refractivity contribution in [2.24, 2.45) is 0 Å². The largest absolute Gasteiger partial charge is 0.399 e. The zero-order valence-electron chi connectivity index (χ0n) is 10.0. The predicted molar refractivity (Wildman–Crippen MR) is 67.1 cm³/mol. The zero-order chi connectivity index (χ0) is 12.9. The minimum Gasteiger partial charge on any atom is -0.399 e. The van der Waals surface area contributed by atoms with Gasteiger partial charge < -0.3 is 10.5 Å². The molecule has 0 bridgehead atoms. The zero-order valence-corrected chi connectivity index (χ0v) is 10.8. The highest BCUT2D eigenvalue weighted by molar-refractivity contribution is 7.89. The molecule has 0 aromatic heterocycles. The van der Waals surface area contributed by atoms with Gasteiger partial charge in [-0.25, -0.2) is 13.1 Å². The summed E-state index contributed by atoms with van der Waals surface area (Å²) in [5.41, 5.74) is 5.97. The molecule has 3 N–H and O–H groups in total. The van der Waals surface area contributed by atoms with E-state index in [4.69, 9.17) is 10.5 Å². The molecule has 0 aliphatic rings. The van der Waals surface area contributed by atoms with E-state index in [1.54, 1.807) is 19.1 Å². The summed E-state index contributed by atoms with van der Waals surface area (Å²) >= 11 is 0. The fraction of sp³-hybridized carbons (Fsp3) is 0.455. The number of hydrogen-bond donors (Lipinski definition) is 2. The second-order valence-electron chi connectivity index (χ2n) is 3.75. The molecular weight excluding hydrogens is 240 g/mol. The molecule has 1 rings (SSSR count). The molecule has 1 unspecified atom stereocenters. The van der Waals surface area contributed by atoms with Gasteiger partial charge in [-0.2, -0.15) is 0 Å². The number of nitrogens with two attached hydrogens (primary N) is 1.